The van der Waals surface area contributed by atoms with E-state index in [4.69, 9.17) is 20.5 Å². The molecule has 0 saturated heterocycles. The number of nitrogen functional groups attached to an aromatic ring is 1. The molecule has 10 heteroatoms. The average molecular weight is 294 g/mol. The van der Waals surface area contributed by atoms with E-state index in [2.05, 4.69) is 5.10 Å². The molecule has 1 aromatic heterocycles. The fourth-order valence-corrected chi connectivity index (χ4v) is 2.07. The topological polar surface area (TPSA) is 142 Å². The van der Waals surface area contributed by atoms with Gasteiger partial charge in [0.25, 0.3) is 10.1 Å². The van der Waals surface area contributed by atoms with Crippen molar-refractivity contribution in [1.82, 2.24) is 9.78 Å². The van der Waals surface area contributed by atoms with Crippen LogP contribution in [0.15, 0.2) is 6.20 Å². The Balaban J connectivity index is 2.94. The predicted octanol–water partition coefficient (Wildman–Crippen LogP) is -1.86. The van der Waals surface area contributed by atoms with E-state index in [1.54, 1.807) is 4.90 Å². The number of anilines is 2. The third-order valence-electron chi connectivity index (χ3n) is 2.44. The summed E-state index contributed by atoms with van der Waals surface area (Å²) in [6, 6.07) is 0. The normalized spacial score (nSPS) is 11.7. The minimum Gasteiger partial charge on any atom is -0.395 e. The molecule has 0 fully saturated rings. The van der Waals surface area contributed by atoms with Crippen molar-refractivity contribution in [2.24, 2.45) is 0 Å². The Morgan fingerprint density at radius 2 is 1.89 bits per heavy atom. The van der Waals surface area contributed by atoms with Crippen LogP contribution in [0.25, 0.3) is 0 Å². The summed E-state index contributed by atoms with van der Waals surface area (Å²) in [5, 5.41) is 21.9. The number of aliphatic hydroxyl groups excluding tert-OH is 2. The van der Waals surface area contributed by atoms with Crippen LogP contribution < -0.4 is 10.6 Å². The quantitative estimate of drug-likeness (QED) is 0.409. The maximum absolute atomic E-state index is 10.7. The second kappa shape index (κ2) is 6.70. The highest BCUT2D eigenvalue weighted by molar-refractivity contribution is 7.85. The van der Waals surface area contributed by atoms with Crippen molar-refractivity contribution in [3.8, 4) is 0 Å². The molecule has 19 heavy (non-hydrogen) atoms. The summed E-state index contributed by atoms with van der Waals surface area (Å²) in [5.74, 6) is -0.0838. The monoisotopic (exact) mass is 294 g/mol. The summed E-state index contributed by atoms with van der Waals surface area (Å²) in [7, 11) is -4.10. The first-order valence-electron chi connectivity index (χ1n) is 5.62. The molecule has 1 rings (SSSR count). The highest BCUT2D eigenvalue weighted by atomic mass is 32.2. The largest absolute Gasteiger partial charge is 0.395 e. The van der Waals surface area contributed by atoms with Crippen molar-refractivity contribution >= 4 is 21.6 Å². The van der Waals surface area contributed by atoms with Gasteiger partial charge in [-0.05, 0) is 0 Å². The van der Waals surface area contributed by atoms with Gasteiger partial charge in [0.2, 0.25) is 0 Å². The summed E-state index contributed by atoms with van der Waals surface area (Å²) in [6.07, 6.45) is 1.35. The van der Waals surface area contributed by atoms with E-state index >= 15 is 0 Å². The molecule has 5 N–H and O–H groups in total. The molecule has 0 radical (unpaired) electrons. The lowest BCUT2D eigenvalue weighted by Gasteiger charge is -2.24. The van der Waals surface area contributed by atoms with Crippen molar-refractivity contribution in [3.05, 3.63) is 6.20 Å². The number of nitrogens with two attached hydrogens (primary N) is 1. The summed E-state index contributed by atoms with van der Waals surface area (Å²) in [5.41, 5.74) is 6.04. The van der Waals surface area contributed by atoms with Crippen molar-refractivity contribution in [3.63, 3.8) is 0 Å². The number of hydrogen-bond donors (Lipinski definition) is 4. The minimum absolute atomic E-state index is 0.0707. The number of aryl methyl sites for hydroxylation is 1. The molecule has 0 aliphatic carbocycles. The molecular weight excluding hydrogens is 276 g/mol. The van der Waals surface area contributed by atoms with Gasteiger partial charge in [-0.2, -0.15) is 13.5 Å². The fourth-order valence-electron chi connectivity index (χ4n) is 1.67. The van der Waals surface area contributed by atoms with Crippen LogP contribution in [-0.4, -0.2) is 65.0 Å². The van der Waals surface area contributed by atoms with E-state index in [1.165, 1.54) is 10.9 Å². The van der Waals surface area contributed by atoms with Gasteiger partial charge < -0.3 is 20.8 Å². The predicted molar refractivity (Wildman–Crippen MR) is 69.4 cm³/mol. The molecule has 0 aliphatic heterocycles. The molecular formula is C9H18N4O5S. The van der Waals surface area contributed by atoms with Gasteiger partial charge in [0.15, 0.2) is 5.82 Å². The van der Waals surface area contributed by atoms with Crippen molar-refractivity contribution in [1.29, 1.82) is 0 Å². The third kappa shape index (κ3) is 4.67. The lowest BCUT2D eigenvalue weighted by molar-refractivity contribution is 0.280. The summed E-state index contributed by atoms with van der Waals surface area (Å²) in [6.45, 7) is 0.0786. The van der Waals surface area contributed by atoms with E-state index in [0.29, 0.717) is 11.5 Å². The SMILES string of the molecule is Nc1cnn(CCS(=O)(=O)O)c1N(CCO)CCO. The number of aliphatic hydroxyl groups is 2. The fraction of sp³-hybridized carbons (Fsp3) is 0.667. The summed E-state index contributed by atoms with van der Waals surface area (Å²) >= 11 is 0. The number of rotatable bonds is 8. The molecule has 9 nitrogen and oxygen atoms in total. The lowest BCUT2D eigenvalue weighted by atomic mass is 10.4. The molecule has 110 valence electrons. The van der Waals surface area contributed by atoms with Crippen LogP contribution >= 0.6 is 0 Å². The van der Waals surface area contributed by atoms with Crippen LogP contribution in [0.2, 0.25) is 0 Å². The standard InChI is InChI=1S/C9H18N4O5S/c10-8-7-11-13(3-6-19(16,17)18)9(8)12(1-4-14)2-5-15/h7,14-15H,1-6,10H2,(H,16,17,18). The van der Waals surface area contributed by atoms with Gasteiger partial charge >= 0.3 is 0 Å². The van der Waals surface area contributed by atoms with Crippen molar-refractivity contribution in [2.75, 3.05) is 42.7 Å². The summed E-state index contributed by atoms with van der Waals surface area (Å²) in [4.78, 5) is 1.59. The first-order valence-corrected chi connectivity index (χ1v) is 7.23. The lowest BCUT2D eigenvalue weighted by Crippen LogP contribution is -2.32. The number of aromatic nitrogens is 2. The van der Waals surface area contributed by atoms with Crippen molar-refractivity contribution < 1.29 is 23.2 Å². The summed E-state index contributed by atoms with van der Waals surface area (Å²) < 4.78 is 31.5. The highest BCUT2D eigenvalue weighted by Gasteiger charge is 2.17. The van der Waals surface area contributed by atoms with Gasteiger partial charge in [0, 0.05) is 13.1 Å². The van der Waals surface area contributed by atoms with Crippen LogP contribution in [0, 0.1) is 0 Å². The third-order valence-corrected chi connectivity index (χ3v) is 3.14. The van der Waals surface area contributed by atoms with Gasteiger partial charge in [-0.25, -0.2) is 4.68 Å². The molecule has 0 aliphatic rings. The highest BCUT2D eigenvalue weighted by Crippen LogP contribution is 2.22. The van der Waals surface area contributed by atoms with Crippen LogP contribution in [0.3, 0.4) is 0 Å². The Hall–Kier alpha value is -1.36. The van der Waals surface area contributed by atoms with Gasteiger partial charge in [0.1, 0.15) is 0 Å². The van der Waals surface area contributed by atoms with Gasteiger partial charge in [0.05, 0.1) is 37.4 Å². The number of hydrogen-bond acceptors (Lipinski definition) is 7. The molecule has 0 bridgehead atoms. The maximum atomic E-state index is 10.7. The molecule has 1 aromatic rings. The molecule has 0 saturated carbocycles. The van der Waals surface area contributed by atoms with E-state index in [-0.39, 0.29) is 32.8 Å². The number of nitrogens with zero attached hydrogens (tertiary/aromatic N) is 3. The molecule has 1 heterocycles. The molecule has 0 aromatic carbocycles. The van der Waals surface area contributed by atoms with Crippen molar-refractivity contribution in [2.45, 2.75) is 6.54 Å². The van der Waals surface area contributed by atoms with E-state index in [1.807, 2.05) is 0 Å². The Bertz CT molecular complexity index is 495. The van der Waals surface area contributed by atoms with E-state index in [9.17, 15) is 8.42 Å². The smallest absolute Gasteiger partial charge is 0.266 e. The van der Waals surface area contributed by atoms with E-state index < -0.39 is 15.9 Å². The Morgan fingerprint density at radius 3 is 2.37 bits per heavy atom. The van der Waals surface area contributed by atoms with Crippen LogP contribution in [0.5, 0.6) is 0 Å². The van der Waals surface area contributed by atoms with Gasteiger partial charge in [-0.1, -0.05) is 0 Å². The Kier molecular flexibility index (Phi) is 5.54. The zero-order chi connectivity index (χ0) is 14.5. The zero-order valence-electron chi connectivity index (χ0n) is 10.3. The van der Waals surface area contributed by atoms with Gasteiger partial charge in [-0.3, -0.25) is 4.55 Å². The zero-order valence-corrected chi connectivity index (χ0v) is 11.1. The molecule has 0 spiro atoms. The van der Waals surface area contributed by atoms with Gasteiger partial charge in [-0.15, -0.1) is 0 Å². The average Bonchev–Trinajstić information content (AvgIpc) is 2.67. The Morgan fingerprint density at radius 1 is 1.32 bits per heavy atom. The van der Waals surface area contributed by atoms with Crippen LogP contribution in [0.4, 0.5) is 11.5 Å². The first-order chi connectivity index (χ1) is 8.89. The molecule has 0 atom stereocenters. The molecule has 0 amide bonds. The van der Waals surface area contributed by atoms with Crippen LogP contribution in [-0.2, 0) is 16.7 Å². The second-order valence-corrected chi connectivity index (χ2v) is 5.44. The second-order valence-electron chi connectivity index (χ2n) is 3.87. The van der Waals surface area contributed by atoms with Crippen LogP contribution in [0.1, 0.15) is 0 Å². The first kappa shape index (κ1) is 15.7. The Labute approximate surface area is 111 Å². The minimum atomic E-state index is -4.10. The molecule has 0 unspecified atom stereocenters. The maximum Gasteiger partial charge on any atom is 0.266 e. The van der Waals surface area contributed by atoms with E-state index in [0.717, 1.165) is 0 Å².